The Morgan fingerprint density at radius 2 is 1.71 bits per heavy atom. The standard InChI is InChI=1S/C24H27F4N3O3S/c1-15-8-9-20(22(29-15)21-17(25)5-3-6-18(21)26)35(33,34)31-14-4-7-19(31)23(32)30(2)16-10-12-24(27,28)13-11-16/h3,5-6,8-9,16,19H,4,7,10-14H2,1-2H3/t19-/m0/s1. The number of pyridine rings is 1. The van der Waals surface area contributed by atoms with E-state index in [1.54, 1.807) is 6.92 Å². The van der Waals surface area contributed by atoms with Crippen LogP contribution in [0.15, 0.2) is 35.2 Å². The van der Waals surface area contributed by atoms with Gasteiger partial charge in [-0.1, -0.05) is 6.07 Å². The van der Waals surface area contributed by atoms with Gasteiger partial charge in [-0.3, -0.25) is 9.78 Å². The second-order valence-electron chi connectivity index (χ2n) is 9.21. The Balaban J connectivity index is 1.67. The summed E-state index contributed by atoms with van der Waals surface area (Å²) in [6.07, 6.45) is 0.284. The third kappa shape index (κ3) is 4.93. The van der Waals surface area contributed by atoms with E-state index >= 15 is 0 Å². The number of hydrogen-bond acceptors (Lipinski definition) is 4. The summed E-state index contributed by atoms with van der Waals surface area (Å²) in [5.74, 6) is -5.13. The molecular formula is C24H27F4N3O3S. The second kappa shape index (κ2) is 9.50. The van der Waals surface area contributed by atoms with E-state index in [1.807, 2.05) is 0 Å². The summed E-state index contributed by atoms with van der Waals surface area (Å²) in [6.45, 7) is 1.62. The first kappa shape index (κ1) is 25.6. The maximum atomic E-state index is 14.6. The van der Waals surface area contributed by atoms with Crippen molar-refractivity contribution in [3.05, 3.63) is 47.7 Å². The van der Waals surface area contributed by atoms with Gasteiger partial charge in [0, 0.05) is 38.2 Å². The Kier molecular flexibility index (Phi) is 6.93. The average Bonchev–Trinajstić information content (AvgIpc) is 3.29. The average molecular weight is 514 g/mol. The number of benzene rings is 1. The van der Waals surface area contributed by atoms with Crippen molar-refractivity contribution in [2.24, 2.45) is 0 Å². The molecule has 190 valence electrons. The number of carbonyl (C=O) groups excluding carboxylic acids is 1. The zero-order valence-electron chi connectivity index (χ0n) is 19.5. The number of likely N-dealkylation sites (N-methyl/N-ethyl adjacent to an activating group) is 1. The molecule has 11 heteroatoms. The molecule has 2 heterocycles. The SMILES string of the molecule is Cc1ccc(S(=O)(=O)N2CCC[C@H]2C(=O)N(C)C2CCC(F)(F)CC2)c(-c2c(F)cccc2F)n1. The van der Waals surface area contributed by atoms with Gasteiger partial charge in [-0.25, -0.2) is 26.0 Å². The molecule has 1 aromatic carbocycles. The predicted molar refractivity (Wildman–Crippen MR) is 121 cm³/mol. The van der Waals surface area contributed by atoms with Crippen molar-refractivity contribution in [1.82, 2.24) is 14.2 Å². The summed E-state index contributed by atoms with van der Waals surface area (Å²) >= 11 is 0. The van der Waals surface area contributed by atoms with Crippen LogP contribution < -0.4 is 0 Å². The maximum Gasteiger partial charge on any atom is 0.248 e. The van der Waals surface area contributed by atoms with Crippen molar-refractivity contribution < 1.29 is 30.8 Å². The zero-order valence-corrected chi connectivity index (χ0v) is 20.3. The molecule has 1 aliphatic carbocycles. The number of nitrogens with zero attached hydrogens (tertiary/aromatic N) is 3. The quantitative estimate of drug-likeness (QED) is 0.551. The molecule has 6 nitrogen and oxygen atoms in total. The van der Waals surface area contributed by atoms with Gasteiger partial charge in [-0.15, -0.1) is 0 Å². The normalized spacial score (nSPS) is 21.3. The molecule has 2 aromatic rings. The highest BCUT2D eigenvalue weighted by Crippen LogP contribution is 2.37. The zero-order chi connectivity index (χ0) is 25.5. The number of aromatic nitrogens is 1. The lowest BCUT2D eigenvalue weighted by molar-refractivity contribution is -0.138. The Morgan fingerprint density at radius 1 is 1.09 bits per heavy atom. The number of amides is 1. The number of carbonyl (C=O) groups is 1. The van der Waals surface area contributed by atoms with Gasteiger partial charge >= 0.3 is 0 Å². The smallest absolute Gasteiger partial charge is 0.248 e. The lowest BCUT2D eigenvalue weighted by Gasteiger charge is -2.37. The van der Waals surface area contributed by atoms with E-state index in [9.17, 15) is 30.8 Å². The minimum Gasteiger partial charge on any atom is -0.341 e. The van der Waals surface area contributed by atoms with Crippen LogP contribution in [0.3, 0.4) is 0 Å². The Labute approximate surface area is 202 Å². The first-order valence-electron chi connectivity index (χ1n) is 11.5. The van der Waals surface area contributed by atoms with Crippen LogP contribution in [0, 0.1) is 18.6 Å². The largest absolute Gasteiger partial charge is 0.341 e. The molecule has 0 spiro atoms. The van der Waals surface area contributed by atoms with Crippen molar-refractivity contribution in [3.63, 3.8) is 0 Å². The molecule has 1 saturated carbocycles. The minimum atomic E-state index is -4.37. The molecule has 4 rings (SSSR count). The van der Waals surface area contributed by atoms with Crippen molar-refractivity contribution >= 4 is 15.9 Å². The van der Waals surface area contributed by atoms with Crippen LogP contribution in [0.2, 0.25) is 0 Å². The highest BCUT2D eigenvalue weighted by atomic mass is 32.2. The van der Waals surface area contributed by atoms with Crippen LogP contribution in [0.4, 0.5) is 17.6 Å². The topological polar surface area (TPSA) is 70.6 Å². The van der Waals surface area contributed by atoms with E-state index in [0.717, 1.165) is 16.4 Å². The van der Waals surface area contributed by atoms with Gasteiger partial charge in [0.2, 0.25) is 21.9 Å². The summed E-state index contributed by atoms with van der Waals surface area (Å²) < 4.78 is 84.8. The maximum absolute atomic E-state index is 14.6. The van der Waals surface area contributed by atoms with Crippen molar-refractivity contribution in [2.45, 2.75) is 68.4 Å². The fraction of sp³-hybridized carbons (Fsp3) is 0.500. The van der Waals surface area contributed by atoms with Gasteiger partial charge in [0.15, 0.2) is 0 Å². The first-order chi connectivity index (χ1) is 16.4. The third-order valence-corrected chi connectivity index (χ3v) is 8.79. The van der Waals surface area contributed by atoms with E-state index in [0.29, 0.717) is 12.1 Å². The number of alkyl halides is 2. The fourth-order valence-electron chi connectivity index (χ4n) is 4.88. The van der Waals surface area contributed by atoms with Crippen LogP contribution >= 0.6 is 0 Å². The van der Waals surface area contributed by atoms with Crippen LogP contribution in [-0.4, -0.2) is 60.1 Å². The number of rotatable bonds is 5. The third-order valence-electron chi connectivity index (χ3n) is 6.85. The fourth-order valence-corrected chi connectivity index (χ4v) is 6.67. The number of halogens is 4. The Bertz CT molecular complexity index is 1210. The summed E-state index contributed by atoms with van der Waals surface area (Å²) in [7, 11) is -2.87. The predicted octanol–water partition coefficient (Wildman–Crippen LogP) is 4.52. The molecule has 1 aliphatic heterocycles. The van der Waals surface area contributed by atoms with Gasteiger partial charge in [0.1, 0.15) is 22.6 Å². The Hall–Kier alpha value is -2.53. The molecule has 0 unspecified atom stereocenters. The number of aryl methyl sites for hydroxylation is 1. The first-order valence-corrected chi connectivity index (χ1v) is 12.9. The summed E-state index contributed by atoms with van der Waals surface area (Å²) in [6, 6.07) is 4.43. The van der Waals surface area contributed by atoms with Gasteiger partial charge in [-0.2, -0.15) is 4.31 Å². The lowest BCUT2D eigenvalue weighted by atomic mass is 9.91. The van der Waals surface area contributed by atoms with Crippen LogP contribution in [0.1, 0.15) is 44.2 Å². The molecular weight excluding hydrogens is 486 g/mol. The summed E-state index contributed by atoms with van der Waals surface area (Å²) in [5.41, 5.74) is -0.553. The molecule has 1 aromatic heterocycles. The van der Waals surface area contributed by atoms with Gasteiger partial charge in [0.25, 0.3) is 0 Å². The molecule has 1 atom stereocenters. The molecule has 0 N–H and O–H groups in total. The minimum absolute atomic E-state index is 0.0440. The molecule has 1 saturated heterocycles. The molecule has 0 bridgehead atoms. The molecule has 2 aliphatic rings. The highest BCUT2D eigenvalue weighted by Gasteiger charge is 2.44. The monoisotopic (exact) mass is 513 g/mol. The van der Waals surface area contributed by atoms with Gasteiger partial charge in [0.05, 0.1) is 11.3 Å². The second-order valence-corrected chi connectivity index (χ2v) is 11.1. The lowest BCUT2D eigenvalue weighted by Crippen LogP contribution is -2.50. The van der Waals surface area contributed by atoms with Crippen LogP contribution in [-0.2, 0) is 14.8 Å². The molecule has 2 fully saturated rings. The van der Waals surface area contributed by atoms with E-state index < -0.39 is 56.0 Å². The van der Waals surface area contributed by atoms with E-state index in [4.69, 9.17) is 0 Å². The van der Waals surface area contributed by atoms with Gasteiger partial charge in [-0.05, 0) is 56.9 Å². The molecule has 0 radical (unpaired) electrons. The van der Waals surface area contributed by atoms with Gasteiger partial charge < -0.3 is 4.90 Å². The molecule has 35 heavy (non-hydrogen) atoms. The molecule has 1 amide bonds. The van der Waals surface area contributed by atoms with Crippen LogP contribution in [0.25, 0.3) is 11.3 Å². The van der Waals surface area contributed by atoms with Crippen molar-refractivity contribution in [1.29, 1.82) is 0 Å². The van der Waals surface area contributed by atoms with E-state index in [1.165, 1.54) is 30.1 Å². The number of hydrogen-bond donors (Lipinski definition) is 0. The summed E-state index contributed by atoms with van der Waals surface area (Å²) in [4.78, 5) is 18.4. The van der Waals surface area contributed by atoms with Crippen molar-refractivity contribution in [3.8, 4) is 11.3 Å². The van der Waals surface area contributed by atoms with E-state index in [2.05, 4.69) is 4.98 Å². The van der Waals surface area contributed by atoms with Crippen LogP contribution in [0.5, 0.6) is 0 Å². The summed E-state index contributed by atoms with van der Waals surface area (Å²) in [5, 5.41) is 0. The van der Waals surface area contributed by atoms with E-state index in [-0.39, 0.29) is 44.3 Å². The highest BCUT2D eigenvalue weighted by molar-refractivity contribution is 7.89. The van der Waals surface area contributed by atoms with Crippen molar-refractivity contribution in [2.75, 3.05) is 13.6 Å². The Morgan fingerprint density at radius 3 is 2.34 bits per heavy atom. The number of sulfonamides is 1.